The van der Waals surface area contributed by atoms with Gasteiger partial charge in [-0.2, -0.15) is 0 Å². The Bertz CT molecular complexity index is 953. The molecular weight excluding hydrogens is 412 g/mol. The Labute approximate surface area is 176 Å². The zero-order chi connectivity index (χ0) is 20.9. The summed E-state index contributed by atoms with van der Waals surface area (Å²) in [7, 11) is -3.74. The summed E-state index contributed by atoms with van der Waals surface area (Å²) in [5.74, 6) is 0.464. The van der Waals surface area contributed by atoms with Crippen molar-refractivity contribution < 1.29 is 17.9 Å². The van der Waals surface area contributed by atoms with Crippen molar-refractivity contribution in [2.24, 2.45) is 0 Å². The highest BCUT2D eigenvalue weighted by atomic mass is 35.5. The second-order valence-corrected chi connectivity index (χ2v) is 9.24. The highest BCUT2D eigenvalue weighted by molar-refractivity contribution is 7.92. The van der Waals surface area contributed by atoms with Crippen molar-refractivity contribution in [2.75, 3.05) is 24.4 Å². The number of nitrogens with one attached hydrogen (secondary N) is 1. The van der Waals surface area contributed by atoms with Gasteiger partial charge in [0.05, 0.1) is 4.90 Å². The van der Waals surface area contributed by atoms with Crippen LogP contribution in [0.15, 0.2) is 47.4 Å². The number of hydrogen-bond donors (Lipinski definition) is 1. The Morgan fingerprint density at radius 1 is 1.07 bits per heavy atom. The third kappa shape index (κ3) is 5.87. The average Bonchev–Trinajstić information content (AvgIpc) is 2.98. The summed E-state index contributed by atoms with van der Waals surface area (Å²) in [5.41, 5.74) is 1.07. The van der Waals surface area contributed by atoms with Gasteiger partial charge in [-0.3, -0.25) is 9.52 Å². The smallest absolute Gasteiger partial charge is 0.261 e. The van der Waals surface area contributed by atoms with E-state index in [1.165, 1.54) is 12.1 Å². The van der Waals surface area contributed by atoms with Crippen LogP contribution in [0, 0.1) is 6.92 Å². The van der Waals surface area contributed by atoms with Crippen molar-refractivity contribution >= 4 is 33.2 Å². The number of halogens is 1. The SMILES string of the molecule is Cc1cc(S(=O)(=O)Nc2ccc(Cl)cc2)ccc1OCC(=O)N1CCCCCC1. The number of hydrogen-bond acceptors (Lipinski definition) is 4. The summed E-state index contributed by atoms with van der Waals surface area (Å²) < 4.78 is 33.4. The minimum absolute atomic E-state index is 0.0348. The Morgan fingerprint density at radius 2 is 1.72 bits per heavy atom. The lowest BCUT2D eigenvalue weighted by molar-refractivity contribution is -0.133. The van der Waals surface area contributed by atoms with E-state index in [1.54, 1.807) is 37.3 Å². The molecule has 1 saturated heterocycles. The monoisotopic (exact) mass is 436 g/mol. The van der Waals surface area contributed by atoms with Gasteiger partial charge >= 0.3 is 0 Å². The molecule has 1 amide bonds. The van der Waals surface area contributed by atoms with Crippen LogP contribution in [0.25, 0.3) is 0 Å². The molecule has 0 atom stereocenters. The first-order chi connectivity index (χ1) is 13.8. The number of ether oxygens (including phenoxy) is 1. The van der Waals surface area contributed by atoms with Crippen LogP contribution in [-0.4, -0.2) is 38.9 Å². The molecule has 2 aromatic rings. The molecule has 0 radical (unpaired) electrons. The molecular formula is C21H25ClN2O4S. The quantitative estimate of drug-likeness (QED) is 0.735. The second-order valence-electron chi connectivity index (χ2n) is 7.12. The van der Waals surface area contributed by atoms with Crippen LogP contribution in [-0.2, 0) is 14.8 Å². The van der Waals surface area contributed by atoms with Crippen LogP contribution >= 0.6 is 11.6 Å². The number of sulfonamides is 1. The Balaban J connectivity index is 1.64. The number of carbonyl (C=O) groups excluding carboxylic acids is 1. The van der Waals surface area contributed by atoms with E-state index in [0.717, 1.165) is 38.8 Å². The first-order valence-electron chi connectivity index (χ1n) is 9.65. The lowest BCUT2D eigenvalue weighted by atomic mass is 10.2. The standard InChI is InChI=1S/C21H25ClN2O4S/c1-16-14-19(29(26,27)23-18-8-6-17(22)7-9-18)10-11-20(16)28-15-21(25)24-12-4-2-3-5-13-24/h6-11,14,23H,2-5,12-13,15H2,1H3. The van der Waals surface area contributed by atoms with E-state index in [9.17, 15) is 13.2 Å². The number of amides is 1. The molecule has 3 rings (SSSR count). The van der Waals surface area contributed by atoms with E-state index in [-0.39, 0.29) is 17.4 Å². The van der Waals surface area contributed by atoms with Crippen LogP contribution in [0.4, 0.5) is 5.69 Å². The summed E-state index contributed by atoms with van der Waals surface area (Å²) in [6.45, 7) is 3.26. The van der Waals surface area contributed by atoms with Crippen molar-refractivity contribution in [1.82, 2.24) is 4.90 Å². The molecule has 1 fully saturated rings. The minimum Gasteiger partial charge on any atom is -0.483 e. The van der Waals surface area contributed by atoms with Crippen molar-refractivity contribution in [3.63, 3.8) is 0 Å². The number of benzene rings is 2. The average molecular weight is 437 g/mol. The number of aryl methyl sites for hydroxylation is 1. The molecule has 0 spiro atoms. The van der Waals surface area contributed by atoms with Gasteiger partial charge in [0.2, 0.25) is 0 Å². The highest BCUT2D eigenvalue weighted by Crippen LogP contribution is 2.24. The summed E-state index contributed by atoms with van der Waals surface area (Å²) in [6, 6.07) is 11.0. The third-order valence-electron chi connectivity index (χ3n) is 4.86. The molecule has 1 heterocycles. The molecule has 1 N–H and O–H groups in total. The van der Waals surface area contributed by atoms with Gasteiger partial charge in [0.15, 0.2) is 6.61 Å². The molecule has 29 heavy (non-hydrogen) atoms. The number of carbonyl (C=O) groups is 1. The van der Waals surface area contributed by atoms with Crippen molar-refractivity contribution in [3.8, 4) is 5.75 Å². The van der Waals surface area contributed by atoms with E-state index in [0.29, 0.717) is 22.0 Å². The van der Waals surface area contributed by atoms with Crippen molar-refractivity contribution in [2.45, 2.75) is 37.5 Å². The maximum Gasteiger partial charge on any atom is 0.261 e. The van der Waals surface area contributed by atoms with E-state index >= 15 is 0 Å². The molecule has 1 aliphatic heterocycles. The molecule has 0 unspecified atom stereocenters. The summed E-state index contributed by atoms with van der Waals surface area (Å²) in [5, 5.41) is 0.528. The maximum absolute atomic E-state index is 12.6. The summed E-state index contributed by atoms with van der Waals surface area (Å²) in [4.78, 5) is 14.3. The second kappa shape index (κ2) is 9.50. The number of likely N-dealkylation sites (tertiary alicyclic amines) is 1. The van der Waals surface area contributed by atoms with Gasteiger partial charge in [-0.25, -0.2) is 8.42 Å². The van der Waals surface area contributed by atoms with Crippen LogP contribution in [0.2, 0.25) is 5.02 Å². The number of anilines is 1. The topological polar surface area (TPSA) is 75.7 Å². The van der Waals surface area contributed by atoms with Crippen molar-refractivity contribution in [3.05, 3.63) is 53.1 Å². The van der Waals surface area contributed by atoms with Crippen LogP contribution in [0.1, 0.15) is 31.2 Å². The van der Waals surface area contributed by atoms with E-state index < -0.39 is 10.0 Å². The molecule has 156 valence electrons. The van der Waals surface area contributed by atoms with Crippen LogP contribution in [0.3, 0.4) is 0 Å². The van der Waals surface area contributed by atoms with Gasteiger partial charge in [0.1, 0.15) is 5.75 Å². The first kappa shape index (κ1) is 21.5. The van der Waals surface area contributed by atoms with Gasteiger partial charge < -0.3 is 9.64 Å². The van der Waals surface area contributed by atoms with Gasteiger partial charge in [0, 0.05) is 23.8 Å². The Hall–Kier alpha value is -2.25. The third-order valence-corrected chi connectivity index (χ3v) is 6.49. The molecule has 1 aliphatic rings. The molecule has 0 aliphatic carbocycles. The highest BCUT2D eigenvalue weighted by Gasteiger charge is 2.18. The van der Waals surface area contributed by atoms with Gasteiger partial charge in [-0.1, -0.05) is 24.4 Å². The van der Waals surface area contributed by atoms with Crippen LogP contribution < -0.4 is 9.46 Å². The number of rotatable bonds is 6. The Kier molecular flexibility index (Phi) is 7.03. The van der Waals surface area contributed by atoms with Gasteiger partial charge in [-0.15, -0.1) is 0 Å². The molecule has 6 nitrogen and oxygen atoms in total. The predicted octanol–water partition coefficient (Wildman–Crippen LogP) is 4.23. The minimum atomic E-state index is -3.74. The first-order valence-corrected chi connectivity index (χ1v) is 11.5. The molecule has 2 aromatic carbocycles. The fourth-order valence-corrected chi connectivity index (χ4v) is 4.50. The fraction of sp³-hybridized carbons (Fsp3) is 0.381. The molecule has 0 bridgehead atoms. The zero-order valence-electron chi connectivity index (χ0n) is 16.4. The predicted molar refractivity (Wildman–Crippen MR) is 114 cm³/mol. The largest absolute Gasteiger partial charge is 0.483 e. The maximum atomic E-state index is 12.6. The number of nitrogens with zero attached hydrogens (tertiary/aromatic N) is 1. The molecule has 0 saturated carbocycles. The summed E-state index contributed by atoms with van der Waals surface area (Å²) in [6.07, 6.45) is 4.36. The zero-order valence-corrected chi connectivity index (χ0v) is 17.9. The summed E-state index contributed by atoms with van der Waals surface area (Å²) >= 11 is 5.83. The normalized spacial score (nSPS) is 14.9. The van der Waals surface area contributed by atoms with Crippen LogP contribution in [0.5, 0.6) is 5.75 Å². The lowest BCUT2D eigenvalue weighted by Crippen LogP contribution is -2.35. The molecule has 8 heteroatoms. The fourth-order valence-electron chi connectivity index (χ4n) is 3.23. The van der Waals surface area contributed by atoms with E-state index in [1.807, 2.05) is 4.90 Å². The van der Waals surface area contributed by atoms with E-state index in [2.05, 4.69) is 4.72 Å². The molecule has 0 aromatic heterocycles. The van der Waals surface area contributed by atoms with Gasteiger partial charge in [0.25, 0.3) is 15.9 Å². The van der Waals surface area contributed by atoms with Crippen molar-refractivity contribution in [1.29, 1.82) is 0 Å². The Morgan fingerprint density at radius 3 is 2.34 bits per heavy atom. The lowest BCUT2D eigenvalue weighted by Gasteiger charge is -2.20. The van der Waals surface area contributed by atoms with E-state index in [4.69, 9.17) is 16.3 Å². The van der Waals surface area contributed by atoms with Gasteiger partial charge in [-0.05, 0) is 67.8 Å².